The summed E-state index contributed by atoms with van der Waals surface area (Å²) in [6.45, 7) is 0. The lowest BCUT2D eigenvalue weighted by Gasteiger charge is -2.00. The van der Waals surface area contributed by atoms with Crippen molar-refractivity contribution in [2.24, 2.45) is 0 Å². The standard InChI is InChI=1S/C8H8N2/c9-6-8(10)7-4-2-1-3-5-7/h2,4-5,10H,1,3H2. The summed E-state index contributed by atoms with van der Waals surface area (Å²) in [6, 6.07) is 1.80. The molecule has 2 nitrogen and oxygen atoms in total. The van der Waals surface area contributed by atoms with E-state index in [1.54, 1.807) is 6.07 Å². The summed E-state index contributed by atoms with van der Waals surface area (Å²) in [7, 11) is 0. The third-order valence-electron chi connectivity index (χ3n) is 1.40. The van der Waals surface area contributed by atoms with Crippen molar-refractivity contribution in [3.8, 4) is 6.07 Å². The van der Waals surface area contributed by atoms with Gasteiger partial charge in [-0.05, 0) is 12.8 Å². The zero-order valence-corrected chi connectivity index (χ0v) is 5.59. The second-order valence-electron chi connectivity index (χ2n) is 2.13. The first-order valence-electron chi connectivity index (χ1n) is 3.20. The Kier molecular flexibility index (Phi) is 2.01. The molecule has 0 radical (unpaired) electrons. The van der Waals surface area contributed by atoms with E-state index in [0.717, 1.165) is 18.4 Å². The van der Waals surface area contributed by atoms with Crippen LogP contribution >= 0.6 is 0 Å². The first kappa shape index (κ1) is 6.76. The Balaban J connectivity index is 2.75. The Morgan fingerprint density at radius 1 is 1.60 bits per heavy atom. The molecular weight excluding hydrogens is 124 g/mol. The van der Waals surface area contributed by atoms with E-state index in [-0.39, 0.29) is 5.71 Å². The third kappa shape index (κ3) is 1.32. The molecule has 10 heavy (non-hydrogen) atoms. The molecule has 0 saturated heterocycles. The van der Waals surface area contributed by atoms with E-state index in [2.05, 4.69) is 0 Å². The van der Waals surface area contributed by atoms with Crippen molar-refractivity contribution >= 4 is 5.71 Å². The lowest BCUT2D eigenvalue weighted by molar-refractivity contribution is 1.03. The van der Waals surface area contributed by atoms with Crippen LogP contribution in [-0.2, 0) is 0 Å². The van der Waals surface area contributed by atoms with Crippen molar-refractivity contribution in [2.45, 2.75) is 12.8 Å². The highest BCUT2D eigenvalue weighted by molar-refractivity contribution is 6.11. The monoisotopic (exact) mass is 132 g/mol. The van der Waals surface area contributed by atoms with Gasteiger partial charge in [0.25, 0.3) is 0 Å². The van der Waals surface area contributed by atoms with Crippen LogP contribution in [0.5, 0.6) is 0 Å². The van der Waals surface area contributed by atoms with Gasteiger partial charge in [-0.15, -0.1) is 0 Å². The van der Waals surface area contributed by atoms with Crippen molar-refractivity contribution in [2.75, 3.05) is 0 Å². The van der Waals surface area contributed by atoms with Crippen LogP contribution in [0.3, 0.4) is 0 Å². The molecule has 0 saturated carbocycles. The fourth-order valence-corrected chi connectivity index (χ4v) is 0.863. The fraction of sp³-hybridized carbons (Fsp3) is 0.250. The van der Waals surface area contributed by atoms with Gasteiger partial charge in [0.15, 0.2) is 0 Å². The molecule has 0 amide bonds. The first-order chi connectivity index (χ1) is 4.84. The van der Waals surface area contributed by atoms with Crippen molar-refractivity contribution in [3.63, 3.8) is 0 Å². The average molecular weight is 132 g/mol. The van der Waals surface area contributed by atoms with Crippen molar-refractivity contribution in [1.29, 1.82) is 10.7 Å². The van der Waals surface area contributed by atoms with Gasteiger partial charge in [0, 0.05) is 5.57 Å². The Hall–Kier alpha value is -1.36. The Morgan fingerprint density at radius 3 is 2.90 bits per heavy atom. The summed E-state index contributed by atoms with van der Waals surface area (Å²) >= 11 is 0. The van der Waals surface area contributed by atoms with Crippen LogP contribution in [0, 0.1) is 16.7 Å². The van der Waals surface area contributed by atoms with Gasteiger partial charge in [-0.1, -0.05) is 18.2 Å². The van der Waals surface area contributed by atoms with Crippen molar-refractivity contribution in [3.05, 3.63) is 23.8 Å². The minimum atomic E-state index is 0.0657. The number of nitrogens with one attached hydrogen (secondary N) is 1. The number of hydrogen-bond acceptors (Lipinski definition) is 2. The van der Waals surface area contributed by atoms with Crippen LogP contribution in [0.25, 0.3) is 0 Å². The van der Waals surface area contributed by atoms with E-state index >= 15 is 0 Å². The predicted octanol–water partition coefficient (Wildman–Crippen LogP) is 1.81. The minimum Gasteiger partial charge on any atom is -0.290 e. The molecule has 0 spiro atoms. The summed E-state index contributed by atoms with van der Waals surface area (Å²) < 4.78 is 0. The van der Waals surface area contributed by atoms with Crippen LogP contribution in [0.15, 0.2) is 23.8 Å². The molecule has 0 atom stereocenters. The number of nitrogens with zero attached hydrogens (tertiary/aromatic N) is 1. The number of hydrogen-bond donors (Lipinski definition) is 1. The molecule has 2 heteroatoms. The van der Waals surface area contributed by atoms with Crippen molar-refractivity contribution < 1.29 is 0 Å². The van der Waals surface area contributed by atoms with E-state index < -0.39 is 0 Å². The van der Waals surface area contributed by atoms with Crippen LogP contribution in [0.4, 0.5) is 0 Å². The Labute approximate surface area is 60.0 Å². The maximum Gasteiger partial charge on any atom is 0.139 e. The van der Waals surface area contributed by atoms with Crippen molar-refractivity contribution in [1.82, 2.24) is 0 Å². The normalized spacial score (nSPS) is 15.7. The lowest BCUT2D eigenvalue weighted by Crippen LogP contribution is -1.96. The molecule has 0 unspecified atom stereocenters. The van der Waals surface area contributed by atoms with Gasteiger partial charge in [0.2, 0.25) is 0 Å². The molecule has 1 N–H and O–H groups in total. The molecule has 0 aromatic carbocycles. The number of allylic oxidation sites excluding steroid dienone is 4. The highest BCUT2D eigenvalue weighted by Gasteiger charge is 2.01. The second-order valence-corrected chi connectivity index (χ2v) is 2.13. The predicted molar refractivity (Wildman–Crippen MR) is 39.8 cm³/mol. The molecule has 1 aliphatic rings. The quantitative estimate of drug-likeness (QED) is 0.543. The van der Waals surface area contributed by atoms with Crippen LogP contribution in [-0.4, -0.2) is 5.71 Å². The lowest BCUT2D eigenvalue weighted by atomic mass is 10.0. The third-order valence-corrected chi connectivity index (χ3v) is 1.40. The summed E-state index contributed by atoms with van der Waals surface area (Å²) in [5.74, 6) is 0. The number of rotatable bonds is 1. The molecule has 0 aromatic rings. The summed E-state index contributed by atoms with van der Waals surface area (Å²) in [5, 5.41) is 15.5. The van der Waals surface area contributed by atoms with Gasteiger partial charge < -0.3 is 0 Å². The van der Waals surface area contributed by atoms with E-state index in [1.165, 1.54) is 0 Å². The van der Waals surface area contributed by atoms with Crippen LogP contribution in [0.1, 0.15) is 12.8 Å². The summed E-state index contributed by atoms with van der Waals surface area (Å²) in [4.78, 5) is 0. The maximum absolute atomic E-state index is 8.34. The molecule has 0 heterocycles. The topological polar surface area (TPSA) is 47.6 Å². The average Bonchev–Trinajstić information content (AvgIpc) is 2.05. The molecule has 1 rings (SSSR count). The van der Waals surface area contributed by atoms with Gasteiger partial charge >= 0.3 is 0 Å². The van der Waals surface area contributed by atoms with Gasteiger partial charge in [0.05, 0.1) is 0 Å². The molecule has 0 bridgehead atoms. The molecule has 0 aromatic heterocycles. The second kappa shape index (κ2) is 2.98. The maximum atomic E-state index is 8.34. The van der Waals surface area contributed by atoms with Crippen LogP contribution < -0.4 is 0 Å². The van der Waals surface area contributed by atoms with E-state index in [4.69, 9.17) is 10.7 Å². The number of nitriles is 1. The highest BCUT2D eigenvalue weighted by Crippen LogP contribution is 2.09. The molecule has 0 aliphatic heterocycles. The molecular formula is C8H8N2. The molecule has 0 fully saturated rings. The SMILES string of the molecule is N#CC(=N)C1=CCCC=C1. The molecule has 50 valence electrons. The summed E-state index contributed by atoms with van der Waals surface area (Å²) in [6.07, 6.45) is 7.72. The van der Waals surface area contributed by atoms with Gasteiger partial charge in [-0.25, -0.2) is 0 Å². The zero-order valence-electron chi connectivity index (χ0n) is 5.59. The van der Waals surface area contributed by atoms with E-state index in [0.29, 0.717) is 0 Å². The summed E-state index contributed by atoms with van der Waals surface area (Å²) in [5.41, 5.74) is 0.824. The zero-order chi connectivity index (χ0) is 7.40. The van der Waals surface area contributed by atoms with Gasteiger partial charge in [-0.2, -0.15) is 5.26 Å². The van der Waals surface area contributed by atoms with Gasteiger partial charge in [-0.3, -0.25) is 5.41 Å². The van der Waals surface area contributed by atoms with Gasteiger partial charge in [0.1, 0.15) is 11.8 Å². The Morgan fingerprint density at radius 2 is 2.40 bits per heavy atom. The fourth-order valence-electron chi connectivity index (χ4n) is 0.863. The molecule has 1 aliphatic carbocycles. The van der Waals surface area contributed by atoms with E-state index in [1.807, 2.05) is 18.2 Å². The smallest absolute Gasteiger partial charge is 0.139 e. The minimum absolute atomic E-state index is 0.0657. The highest BCUT2D eigenvalue weighted by atomic mass is 14.4. The Bertz CT molecular complexity index is 240. The largest absolute Gasteiger partial charge is 0.290 e. The first-order valence-corrected chi connectivity index (χ1v) is 3.20. The van der Waals surface area contributed by atoms with E-state index in [9.17, 15) is 0 Å². The van der Waals surface area contributed by atoms with Crippen LogP contribution in [0.2, 0.25) is 0 Å².